The molecule has 0 bridgehead atoms. The molecule has 1 unspecified atom stereocenters. The first-order chi connectivity index (χ1) is 14.5. The van der Waals surface area contributed by atoms with E-state index in [4.69, 9.17) is 9.47 Å². The monoisotopic (exact) mass is 426 g/mol. The second kappa shape index (κ2) is 10.2. The topological polar surface area (TPSA) is 50.8 Å². The second-order valence-electron chi connectivity index (χ2n) is 9.49. The Morgan fingerprint density at radius 1 is 0.968 bits per heavy atom. The van der Waals surface area contributed by atoms with Gasteiger partial charge in [0.25, 0.3) is 0 Å². The largest absolute Gasteiger partial charge is 0.497 e. The van der Waals surface area contributed by atoms with Crippen molar-refractivity contribution in [1.82, 2.24) is 4.90 Å². The molecule has 0 heterocycles. The molecular weight excluding hydrogens is 388 g/mol. The summed E-state index contributed by atoms with van der Waals surface area (Å²) in [5.41, 5.74) is -0.0665. The van der Waals surface area contributed by atoms with Crippen LogP contribution in [-0.4, -0.2) is 42.2 Å². The molecule has 0 amide bonds. The van der Waals surface area contributed by atoms with Gasteiger partial charge < -0.3 is 14.8 Å². The van der Waals surface area contributed by atoms with Gasteiger partial charge in [-0.05, 0) is 66.2 Å². The molecule has 170 valence electrons. The Hall–Kier alpha value is -2.53. The molecule has 0 fully saturated rings. The number of esters is 1. The zero-order valence-corrected chi connectivity index (χ0v) is 20.2. The zero-order chi connectivity index (χ0) is 23.2. The summed E-state index contributed by atoms with van der Waals surface area (Å²) < 4.78 is 11.4. The van der Waals surface area contributed by atoms with Crippen molar-refractivity contribution in [2.45, 2.75) is 71.7 Å². The number of hydrogen-bond acceptors (Lipinski definition) is 5. The number of ether oxygens (including phenoxy) is 2. The lowest BCUT2D eigenvalue weighted by Gasteiger charge is -2.42. The van der Waals surface area contributed by atoms with Crippen LogP contribution in [-0.2, 0) is 15.1 Å². The normalized spacial score (nSPS) is 13.9. The van der Waals surface area contributed by atoms with Gasteiger partial charge in [-0.1, -0.05) is 36.4 Å². The Morgan fingerprint density at radius 3 is 2.10 bits per heavy atom. The highest BCUT2D eigenvalue weighted by atomic mass is 16.6. The molecular formula is C26H38N2O3. The Kier molecular flexibility index (Phi) is 8.13. The SMILES string of the molecule is COc1cccc(NC(CN(C(C)C)C(C)C)(C(=O)OC(C)(C)C)c2ccccc2)c1. The van der Waals surface area contributed by atoms with Crippen LogP contribution in [0.3, 0.4) is 0 Å². The van der Waals surface area contributed by atoms with Crippen LogP contribution >= 0.6 is 0 Å². The quantitative estimate of drug-likeness (QED) is 0.539. The zero-order valence-electron chi connectivity index (χ0n) is 20.2. The van der Waals surface area contributed by atoms with Crippen LogP contribution in [0.25, 0.3) is 0 Å². The van der Waals surface area contributed by atoms with Gasteiger partial charge in [0.15, 0.2) is 5.54 Å². The molecule has 5 heteroatoms. The van der Waals surface area contributed by atoms with E-state index in [1.807, 2.05) is 75.4 Å². The van der Waals surface area contributed by atoms with Gasteiger partial charge in [0.1, 0.15) is 11.4 Å². The molecule has 2 aromatic carbocycles. The fraction of sp³-hybridized carbons (Fsp3) is 0.500. The van der Waals surface area contributed by atoms with E-state index >= 15 is 0 Å². The van der Waals surface area contributed by atoms with E-state index in [-0.39, 0.29) is 18.1 Å². The van der Waals surface area contributed by atoms with Gasteiger partial charge in [0, 0.05) is 30.4 Å². The van der Waals surface area contributed by atoms with Gasteiger partial charge in [-0.25, -0.2) is 4.79 Å². The third-order valence-electron chi connectivity index (χ3n) is 5.19. The van der Waals surface area contributed by atoms with Crippen molar-refractivity contribution in [2.75, 3.05) is 19.0 Å². The average Bonchev–Trinajstić information content (AvgIpc) is 2.70. The number of nitrogens with zero attached hydrogens (tertiary/aromatic N) is 1. The molecule has 1 atom stereocenters. The van der Waals surface area contributed by atoms with Crippen molar-refractivity contribution in [3.8, 4) is 5.75 Å². The van der Waals surface area contributed by atoms with Crippen molar-refractivity contribution in [3.63, 3.8) is 0 Å². The van der Waals surface area contributed by atoms with E-state index in [0.29, 0.717) is 6.54 Å². The average molecular weight is 427 g/mol. The molecule has 0 saturated carbocycles. The summed E-state index contributed by atoms with van der Waals surface area (Å²) in [6, 6.07) is 18.0. The van der Waals surface area contributed by atoms with Gasteiger partial charge in [-0.15, -0.1) is 0 Å². The van der Waals surface area contributed by atoms with Crippen LogP contribution in [0.5, 0.6) is 5.75 Å². The third-order valence-corrected chi connectivity index (χ3v) is 5.19. The van der Waals surface area contributed by atoms with Gasteiger partial charge in [0.05, 0.1) is 7.11 Å². The van der Waals surface area contributed by atoms with Crippen molar-refractivity contribution >= 4 is 11.7 Å². The lowest BCUT2D eigenvalue weighted by molar-refractivity contribution is -0.162. The minimum atomic E-state index is -1.10. The van der Waals surface area contributed by atoms with E-state index in [1.165, 1.54) is 0 Å². The fourth-order valence-electron chi connectivity index (χ4n) is 3.71. The number of rotatable bonds is 9. The van der Waals surface area contributed by atoms with E-state index in [9.17, 15) is 4.79 Å². The Labute approximate surface area is 187 Å². The van der Waals surface area contributed by atoms with E-state index in [2.05, 4.69) is 37.9 Å². The highest BCUT2D eigenvalue weighted by molar-refractivity contribution is 5.87. The van der Waals surface area contributed by atoms with E-state index in [0.717, 1.165) is 17.0 Å². The molecule has 0 aliphatic rings. The Bertz CT molecular complexity index is 835. The smallest absolute Gasteiger partial charge is 0.338 e. The minimum Gasteiger partial charge on any atom is -0.497 e. The second-order valence-corrected chi connectivity index (χ2v) is 9.49. The summed E-state index contributed by atoms with van der Waals surface area (Å²) in [7, 11) is 1.64. The standard InChI is InChI=1S/C26H38N2O3/c1-19(2)28(20(3)4)18-26(21-13-10-9-11-14-21,24(29)31-25(5,6)7)27-22-15-12-16-23(17-22)30-8/h9-17,19-20,27H,18H2,1-8H3. The molecule has 0 radical (unpaired) electrons. The summed E-state index contributed by atoms with van der Waals surface area (Å²) in [6.45, 7) is 14.7. The molecule has 1 N–H and O–H groups in total. The first-order valence-electron chi connectivity index (χ1n) is 11.0. The number of hydrogen-bond donors (Lipinski definition) is 1. The van der Waals surface area contributed by atoms with Gasteiger partial charge >= 0.3 is 5.97 Å². The first kappa shape index (κ1) is 24.7. The number of anilines is 1. The maximum Gasteiger partial charge on any atom is 0.338 e. The summed E-state index contributed by atoms with van der Waals surface area (Å²) in [5.74, 6) is 0.418. The van der Waals surface area contributed by atoms with E-state index < -0.39 is 11.1 Å². The molecule has 2 aromatic rings. The first-order valence-corrected chi connectivity index (χ1v) is 11.0. The number of methoxy groups -OCH3 is 1. The molecule has 0 aliphatic heterocycles. The van der Waals surface area contributed by atoms with E-state index in [1.54, 1.807) is 7.11 Å². The van der Waals surface area contributed by atoms with Crippen LogP contribution in [0, 0.1) is 0 Å². The molecule has 31 heavy (non-hydrogen) atoms. The van der Waals surface area contributed by atoms with Crippen LogP contribution in [0.2, 0.25) is 0 Å². The highest BCUT2D eigenvalue weighted by Gasteiger charge is 2.45. The molecule has 0 saturated heterocycles. The van der Waals surface area contributed by atoms with Gasteiger partial charge in [0.2, 0.25) is 0 Å². The van der Waals surface area contributed by atoms with Crippen LogP contribution in [0.4, 0.5) is 5.69 Å². The molecule has 2 rings (SSSR count). The summed E-state index contributed by atoms with van der Waals surface area (Å²) in [4.78, 5) is 16.2. The maximum atomic E-state index is 13.9. The minimum absolute atomic E-state index is 0.248. The summed E-state index contributed by atoms with van der Waals surface area (Å²) in [5, 5.41) is 3.55. The lowest BCUT2D eigenvalue weighted by atomic mass is 9.87. The van der Waals surface area contributed by atoms with Crippen LogP contribution in [0.1, 0.15) is 54.0 Å². The fourth-order valence-corrected chi connectivity index (χ4v) is 3.71. The Balaban J connectivity index is 2.68. The van der Waals surface area contributed by atoms with Crippen molar-refractivity contribution < 1.29 is 14.3 Å². The van der Waals surface area contributed by atoms with Gasteiger partial charge in [-0.3, -0.25) is 4.90 Å². The summed E-state index contributed by atoms with van der Waals surface area (Å²) >= 11 is 0. The van der Waals surface area contributed by atoms with Crippen LogP contribution in [0.15, 0.2) is 54.6 Å². The number of nitrogens with one attached hydrogen (secondary N) is 1. The van der Waals surface area contributed by atoms with Crippen LogP contribution < -0.4 is 10.1 Å². The Morgan fingerprint density at radius 2 is 1.58 bits per heavy atom. The molecule has 0 aromatic heterocycles. The molecule has 0 aliphatic carbocycles. The summed E-state index contributed by atoms with van der Waals surface area (Å²) in [6.07, 6.45) is 0. The van der Waals surface area contributed by atoms with Crippen molar-refractivity contribution in [1.29, 1.82) is 0 Å². The predicted molar refractivity (Wildman–Crippen MR) is 128 cm³/mol. The molecule has 0 spiro atoms. The number of carbonyl (C=O) groups excluding carboxylic acids is 1. The highest BCUT2D eigenvalue weighted by Crippen LogP contribution is 2.33. The van der Waals surface area contributed by atoms with Crippen molar-refractivity contribution in [3.05, 3.63) is 60.2 Å². The van der Waals surface area contributed by atoms with Gasteiger partial charge in [-0.2, -0.15) is 0 Å². The van der Waals surface area contributed by atoms with Crippen molar-refractivity contribution in [2.24, 2.45) is 0 Å². The lowest BCUT2D eigenvalue weighted by Crippen LogP contribution is -2.56. The predicted octanol–water partition coefficient (Wildman–Crippen LogP) is 5.46. The third kappa shape index (κ3) is 6.47. The number of benzene rings is 2. The molecule has 5 nitrogen and oxygen atoms in total. The maximum absolute atomic E-state index is 13.9. The number of carbonyl (C=O) groups is 1.